The van der Waals surface area contributed by atoms with Gasteiger partial charge < -0.3 is 14.6 Å². The molecule has 0 bridgehead atoms. The zero-order valence-electron chi connectivity index (χ0n) is 9.85. The summed E-state index contributed by atoms with van der Waals surface area (Å²) in [6.45, 7) is 2.26. The minimum Gasteiger partial charge on any atom is -0.464 e. The number of fused-ring (bicyclic) bond motifs is 1. The summed E-state index contributed by atoms with van der Waals surface area (Å²) in [7, 11) is 0. The fourth-order valence-corrected chi connectivity index (χ4v) is 2.26. The fourth-order valence-electron chi connectivity index (χ4n) is 2.26. The van der Waals surface area contributed by atoms with Crippen molar-refractivity contribution in [2.24, 2.45) is 0 Å². The SMILES string of the molecule is CCOC(=O)C1OC2(O)CCCCCN2C1=O. The Morgan fingerprint density at radius 2 is 2.35 bits per heavy atom. The number of hydrogen-bond acceptors (Lipinski definition) is 5. The number of aliphatic hydroxyl groups is 1. The van der Waals surface area contributed by atoms with E-state index in [2.05, 4.69) is 0 Å². The molecule has 0 radical (unpaired) electrons. The smallest absolute Gasteiger partial charge is 0.345 e. The summed E-state index contributed by atoms with van der Waals surface area (Å²) in [4.78, 5) is 24.7. The second kappa shape index (κ2) is 4.62. The largest absolute Gasteiger partial charge is 0.464 e. The van der Waals surface area contributed by atoms with Gasteiger partial charge in [0.1, 0.15) is 0 Å². The zero-order chi connectivity index (χ0) is 12.5. The van der Waals surface area contributed by atoms with E-state index in [-0.39, 0.29) is 6.61 Å². The molecular weight excluding hydrogens is 226 g/mol. The van der Waals surface area contributed by atoms with Crippen LogP contribution in [0.5, 0.6) is 0 Å². The van der Waals surface area contributed by atoms with Gasteiger partial charge in [0.15, 0.2) is 0 Å². The van der Waals surface area contributed by atoms with E-state index in [0.717, 1.165) is 19.3 Å². The lowest BCUT2D eigenvalue weighted by Gasteiger charge is -2.29. The lowest BCUT2D eigenvalue weighted by Crippen LogP contribution is -2.46. The summed E-state index contributed by atoms with van der Waals surface area (Å²) in [5, 5.41) is 10.2. The third-order valence-electron chi connectivity index (χ3n) is 3.10. The van der Waals surface area contributed by atoms with Gasteiger partial charge in [-0.2, -0.15) is 0 Å². The maximum absolute atomic E-state index is 12.0. The molecule has 2 fully saturated rings. The van der Waals surface area contributed by atoms with Gasteiger partial charge in [0, 0.05) is 13.0 Å². The summed E-state index contributed by atoms with van der Waals surface area (Å²) < 4.78 is 9.97. The number of carbonyl (C=O) groups excluding carboxylic acids is 2. The van der Waals surface area contributed by atoms with Crippen LogP contribution in [0.3, 0.4) is 0 Å². The molecule has 6 nitrogen and oxygen atoms in total. The Labute approximate surface area is 99.5 Å². The van der Waals surface area contributed by atoms with Crippen LogP contribution >= 0.6 is 0 Å². The van der Waals surface area contributed by atoms with Crippen LogP contribution in [0.25, 0.3) is 0 Å². The summed E-state index contributed by atoms with van der Waals surface area (Å²) in [5.74, 6) is -2.84. The maximum atomic E-state index is 12.0. The van der Waals surface area contributed by atoms with Crippen LogP contribution in [-0.4, -0.2) is 47.0 Å². The molecule has 2 heterocycles. The van der Waals surface area contributed by atoms with Crippen molar-refractivity contribution in [2.75, 3.05) is 13.2 Å². The van der Waals surface area contributed by atoms with Crippen molar-refractivity contribution in [2.45, 2.75) is 44.6 Å². The van der Waals surface area contributed by atoms with Gasteiger partial charge >= 0.3 is 5.97 Å². The van der Waals surface area contributed by atoms with Crippen LogP contribution in [0, 0.1) is 0 Å². The summed E-state index contributed by atoms with van der Waals surface area (Å²) in [6, 6.07) is 0. The van der Waals surface area contributed by atoms with Crippen LogP contribution in [0.1, 0.15) is 32.6 Å². The lowest BCUT2D eigenvalue weighted by molar-refractivity contribution is -0.257. The first-order valence-electron chi connectivity index (χ1n) is 5.97. The number of amides is 1. The second-order valence-corrected chi connectivity index (χ2v) is 4.29. The molecule has 1 N–H and O–H groups in total. The summed E-state index contributed by atoms with van der Waals surface area (Å²) >= 11 is 0. The minimum atomic E-state index is -1.62. The van der Waals surface area contributed by atoms with Crippen molar-refractivity contribution in [1.82, 2.24) is 4.90 Å². The molecule has 0 aromatic heterocycles. The predicted molar refractivity (Wildman–Crippen MR) is 56.6 cm³/mol. The fraction of sp³-hybridized carbons (Fsp3) is 0.818. The van der Waals surface area contributed by atoms with E-state index in [9.17, 15) is 14.7 Å². The Morgan fingerprint density at radius 3 is 3.06 bits per heavy atom. The molecule has 0 aromatic rings. The minimum absolute atomic E-state index is 0.185. The molecule has 2 unspecified atom stereocenters. The van der Waals surface area contributed by atoms with Crippen molar-refractivity contribution >= 4 is 11.9 Å². The number of ether oxygens (including phenoxy) is 2. The Bertz CT molecular complexity index is 332. The third-order valence-corrected chi connectivity index (χ3v) is 3.10. The molecule has 0 aliphatic carbocycles. The zero-order valence-corrected chi connectivity index (χ0v) is 9.85. The van der Waals surface area contributed by atoms with Gasteiger partial charge in [0.2, 0.25) is 6.10 Å². The summed E-state index contributed by atoms with van der Waals surface area (Å²) in [5.41, 5.74) is 0. The van der Waals surface area contributed by atoms with Gasteiger partial charge in [0.25, 0.3) is 11.8 Å². The van der Waals surface area contributed by atoms with Gasteiger partial charge in [-0.05, 0) is 19.8 Å². The summed E-state index contributed by atoms with van der Waals surface area (Å²) in [6.07, 6.45) is 1.56. The standard InChI is InChI=1S/C11H17NO5/c1-2-16-10(14)8-9(13)12-7-5-3-4-6-11(12,15)17-8/h8,15H,2-7H2,1H3. The van der Waals surface area contributed by atoms with Crippen LogP contribution in [-0.2, 0) is 19.1 Å². The molecule has 1 amide bonds. The first kappa shape index (κ1) is 12.3. The molecule has 2 rings (SSSR count). The van der Waals surface area contributed by atoms with Crippen LogP contribution < -0.4 is 0 Å². The number of carbonyl (C=O) groups is 2. The highest BCUT2D eigenvalue weighted by Crippen LogP contribution is 2.34. The normalized spacial score (nSPS) is 33.2. The Kier molecular flexibility index (Phi) is 3.35. The molecule has 2 atom stereocenters. The average molecular weight is 243 g/mol. The van der Waals surface area contributed by atoms with Gasteiger partial charge in [-0.1, -0.05) is 6.42 Å². The van der Waals surface area contributed by atoms with Crippen molar-refractivity contribution < 1.29 is 24.2 Å². The lowest BCUT2D eigenvalue weighted by atomic mass is 10.2. The highest BCUT2D eigenvalue weighted by atomic mass is 16.7. The van der Waals surface area contributed by atoms with Crippen molar-refractivity contribution in [3.05, 3.63) is 0 Å². The Hall–Kier alpha value is -1.14. The van der Waals surface area contributed by atoms with E-state index in [1.807, 2.05) is 0 Å². The number of nitrogens with zero attached hydrogens (tertiary/aromatic N) is 1. The second-order valence-electron chi connectivity index (χ2n) is 4.29. The molecule has 2 saturated heterocycles. The Morgan fingerprint density at radius 1 is 1.59 bits per heavy atom. The topological polar surface area (TPSA) is 76.1 Å². The molecule has 0 spiro atoms. The van der Waals surface area contributed by atoms with Crippen molar-refractivity contribution in [3.8, 4) is 0 Å². The molecule has 6 heteroatoms. The van der Waals surface area contributed by atoms with Gasteiger partial charge in [-0.15, -0.1) is 0 Å². The van der Waals surface area contributed by atoms with E-state index in [1.165, 1.54) is 4.90 Å². The predicted octanol–water partition coefficient (Wildman–Crippen LogP) is -0.00300. The molecule has 17 heavy (non-hydrogen) atoms. The molecule has 0 saturated carbocycles. The monoisotopic (exact) mass is 243 g/mol. The van der Waals surface area contributed by atoms with Crippen LogP contribution in [0.4, 0.5) is 0 Å². The number of rotatable bonds is 2. The molecule has 2 aliphatic heterocycles. The quantitative estimate of drug-likeness (QED) is 0.545. The van der Waals surface area contributed by atoms with Crippen molar-refractivity contribution in [1.29, 1.82) is 0 Å². The molecule has 0 aromatic carbocycles. The first-order chi connectivity index (χ1) is 8.08. The van der Waals surface area contributed by atoms with E-state index >= 15 is 0 Å². The first-order valence-corrected chi connectivity index (χ1v) is 5.97. The van der Waals surface area contributed by atoms with Crippen LogP contribution in [0.15, 0.2) is 0 Å². The van der Waals surface area contributed by atoms with E-state index < -0.39 is 23.9 Å². The molecular formula is C11H17NO5. The molecule has 96 valence electrons. The van der Waals surface area contributed by atoms with Crippen LogP contribution in [0.2, 0.25) is 0 Å². The Balaban J connectivity index is 2.15. The molecule has 2 aliphatic rings. The van der Waals surface area contributed by atoms with Gasteiger partial charge in [0.05, 0.1) is 6.61 Å². The van der Waals surface area contributed by atoms with E-state index in [1.54, 1.807) is 6.92 Å². The van der Waals surface area contributed by atoms with E-state index in [0.29, 0.717) is 13.0 Å². The number of esters is 1. The third kappa shape index (κ3) is 2.14. The highest BCUT2D eigenvalue weighted by Gasteiger charge is 2.54. The van der Waals surface area contributed by atoms with Crippen molar-refractivity contribution in [3.63, 3.8) is 0 Å². The van der Waals surface area contributed by atoms with Gasteiger partial charge in [-0.3, -0.25) is 9.69 Å². The highest BCUT2D eigenvalue weighted by molar-refractivity contribution is 6.02. The van der Waals surface area contributed by atoms with E-state index in [4.69, 9.17) is 9.47 Å². The maximum Gasteiger partial charge on any atom is 0.345 e. The number of hydrogen-bond donors (Lipinski definition) is 1. The van der Waals surface area contributed by atoms with Gasteiger partial charge in [-0.25, -0.2) is 4.79 Å². The average Bonchev–Trinajstić information content (AvgIpc) is 2.45.